The molecule has 0 unspecified atom stereocenters. The van der Waals surface area contributed by atoms with Gasteiger partial charge in [0.2, 0.25) is 5.91 Å². The maximum absolute atomic E-state index is 12.4. The summed E-state index contributed by atoms with van der Waals surface area (Å²) in [6.45, 7) is 0.453. The smallest absolute Gasteiger partial charge is 0.307 e. The number of anilines is 1. The van der Waals surface area contributed by atoms with Crippen molar-refractivity contribution in [2.24, 2.45) is 5.92 Å². The van der Waals surface area contributed by atoms with E-state index in [1.165, 1.54) is 0 Å². The molecule has 0 atom stereocenters. The molecule has 2 aromatic carbocycles. The Hall–Kier alpha value is -3.15. The molecule has 1 fully saturated rings. The third-order valence-electron chi connectivity index (χ3n) is 4.95. The molecular formula is C22H24N2O4. The van der Waals surface area contributed by atoms with Gasteiger partial charge in [-0.3, -0.25) is 14.4 Å². The zero-order chi connectivity index (χ0) is 19.9. The molecule has 3 N–H and O–H groups in total. The van der Waals surface area contributed by atoms with E-state index in [-0.39, 0.29) is 24.2 Å². The average molecular weight is 380 g/mol. The Labute approximate surface area is 164 Å². The van der Waals surface area contributed by atoms with Gasteiger partial charge < -0.3 is 15.7 Å². The van der Waals surface area contributed by atoms with Crippen molar-refractivity contribution >= 4 is 23.5 Å². The predicted molar refractivity (Wildman–Crippen MR) is 106 cm³/mol. The van der Waals surface area contributed by atoms with Crippen LogP contribution in [0.15, 0.2) is 48.5 Å². The highest BCUT2D eigenvalue weighted by Gasteiger charge is 2.22. The molecule has 0 aromatic heterocycles. The molecule has 3 rings (SSSR count). The minimum absolute atomic E-state index is 0.0923. The molecule has 0 aliphatic heterocycles. The number of rotatable bonds is 7. The van der Waals surface area contributed by atoms with E-state index in [0.29, 0.717) is 23.4 Å². The van der Waals surface area contributed by atoms with E-state index < -0.39 is 5.97 Å². The number of amides is 2. The summed E-state index contributed by atoms with van der Waals surface area (Å²) >= 11 is 0. The molecule has 1 aliphatic rings. The summed E-state index contributed by atoms with van der Waals surface area (Å²) in [7, 11) is 0. The number of nitrogens with one attached hydrogen (secondary N) is 2. The molecule has 0 radical (unpaired) electrons. The van der Waals surface area contributed by atoms with Crippen molar-refractivity contribution in [1.82, 2.24) is 5.32 Å². The summed E-state index contributed by atoms with van der Waals surface area (Å²) in [6, 6.07) is 13.9. The Morgan fingerprint density at radius 1 is 0.964 bits per heavy atom. The van der Waals surface area contributed by atoms with Crippen LogP contribution >= 0.6 is 0 Å². The SMILES string of the molecule is O=C(O)Cc1cccc(NC(=O)c2ccc(CNC(=O)C3CCCC3)cc2)c1. The van der Waals surface area contributed by atoms with Crippen LogP contribution in [0.1, 0.15) is 47.2 Å². The second-order valence-electron chi connectivity index (χ2n) is 7.12. The molecule has 1 aliphatic carbocycles. The number of carboxylic acid groups (broad SMARTS) is 1. The lowest BCUT2D eigenvalue weighted by Gasteiger charge is -2.11. The van der Waals surface area contributed by atoms with Crippen molar-refractivity contribution in [2.75, 3.05) is 5.32 Å². The lowest BCUT2D eigenvalue weighted by Crippen LogP contribution is -2.28. The Morgan fingerprint density at radius 2 is 1.68 bits per heavy atom. The van der Waals surface area contributed by atoms with Gasteiger partial charge in [0.1, 0.15) is 0 Å². The topological polar surface area (TPSA) is 95.5 Å². The normalized spacial score (nSPS) is 13.9. The Morgan fingerprint density at radius 3 is 2.36 bits per heavy atom. The monoisotopic (exact) mass is 380 g/mol. The van der Waals surface area contributed by atoms with Crippen LogP contribution in [0.4, 0.5) is 5.69 Å². The first-order valence-electron chi connectivity index (χ1n) is 9.50. The summed E-state index contributed by atoms with van der Waals surface area (Å²) < 4.78 is 0. The van der Waals surface area contributed by atoms with Crippen LogP contribution in [-0.4, -0.2) is 22.9 Å². The Kier molecular flexibility index (Phi) is 6.42. The van der Waals surface area contributed by atoms with Crippen molar-refractivity contribution in [3.8, 4) is 0 Å². The zero-order valence-corrected chi connectivity index (χ0v) is 15.6. The van der Waals surface area contributed by atoms with E-state index in [2.05, 4.69) is 10.6 Å². The minimum atomic E-state index is -0.918. The highest BCUT2D eigenvalue weighted by molar-refractivity contribution is 6.04. The van der Waals surface area contributed by atoms with Gasteiger partial charge in [-0.05, 0) is 48.2 Å². The fraction of sp³-hybridized carbons (Fsp3) is 0.318. The van der Waals surface area contributed by atoms with Gasteiger partial charge >= 0.3 is 5.97 Å². The number of hydrogen-bond donors (Lipinski definition) is 3. The van der Waals surface area contributed by atoms with Gasteiger partial charge in [-0.1, -0.05) is 37.1 Å². The molecule has 1 saturated carbocycles. The zero-order valence-electron chi connectivity index (χ0n) is 15.6. The van der Waals surface area contributed by atoms with Gasteiger partial charge in [0.05, 0.1) is 6.42 Å². The Bertz CT molecular complexity index is 855. The molecule has 0 bridgehead atoms. The number of carbonyl (C=O) groups is 3. The molecule has 0 heterocycles. The average Bonchev–Trinajstić information content (AvgIpc) is 3.21. The van der Waals surface area contributed by atoms with Crippen molar-refractivity contribution in [3.63, 3.8) is 0 Å². The number of carboxylic acids is 1. The van der Waals surface area contributed by atoms with Crippen LogP contribution in [0.5, 0.6) is 0 Å². The summed E-state index contributed by atoms with van der Waals surface area (Å²) in [4.78, 5) is 35.3. The second-order valence-corrected chi connectivity index (χ2v) is 7.12. The molecule has 146 valence electrons. The summed E-state index contributed by atoms with van der Waals surface area (Å²) in [6.07, 6.45) is 4.10. The van der Waals surface area contributed by atoms with Crippen LogP contribution in [0.2, 0.25) is 0 Å². The standard InChI is InChI=1S/C22H24N2O4/c25-20(26)13-16-4-3-7-19(12-16)24-22(28)18-10-8-15(9-11-18)14-23-21(27)17-5-1-2-6-17/h3-4,7-12,17H,1-2,5-6,13-14H2,(H,23,27)(H,24,28)(H,25,26). The first kappa shape index (κ1) is 19.6. The van der Waals surface area contributed by atoms with Gasteiger partial charge in [-0.15, -0.1) is 0 Å². The molecule has 28 heavy (non-hydrogen) atoms. The van der Waals surface area contributed by atoms with E-state index in [1.54, 1.807) is 36.4 Å². The van der Waals surface area contributed by atoms with Gasteiger partial charge in [0.25, 0.3) is 5.91 Å². The second kappa shape index (κ2) is 9.17. The van der Waals surface area contributed by atoms with E-state index in [1.807, 2.05) is 12.1 Å². The highest BCUT2D eigenvalue weighted by atomic mass is 16.4. The van der Waals surface area contributed by atoms with Gasteiger partial charge in [-0.25, -0.2) is 0 Å². The summed E-state index contributed by atoms with van der Waals surface area (Å²) in [5.41, 5.74) is 2.61. The molecule has 6 heteroatoms. The molecule has 0 saturated heterocycles. The van der Waals surface area contributed by atoms with Crippen LogP contribution in [0.25, 0.3) is 0 Å². The third-order valence-corrected chi connectivity index (χ3v) is 4.95. The van der Waals surface area contributed by atoms with Gasteiger partial charge in [0.15, 0.2) is 0 Å². The molecular weight excluding hydrogens is 356 g/mol. The van der Waals surface area contributed by atoms with Crippen molar-refractivity contribution in [2.45, 2.75) is 38.6 Å². The van der Waals surface area contributed by atoms with Crippen molar-refractivity contribution in [3.05, 3.63) is 65.2 Å². The molecule has 6 nitrogen and oxygen atoms in total. The fourth-order valence-corrected chi connectivity index (χ4v) is 3.43. The van der Waals surface area contributed by atoms with E-state index in [9.17, 15) is 14.4 Å². The first-order chi connectivity index (χ1) is 13.5. The van der Waals surface area contributed by atoms with Gasteiger partial charge in [-0.2, -0.15) is 0 Å². The largest absolute Gasteiger partial charge is 0.481 e. The van der Waals surface area contributed by atoms with E-state index in [4.69, 9.17) is 5.11 Å². The van der Waals surface area contributed by atoms with Crippen LogP contribution in [0.3, 0.4) is 0 Å². The molecule has 2 aromatic rings. The predicted octanol–water partition coefficient (Wildman–Crippen LogP) is 3.37. The number of aliphatic carboxylic acids is 1. The number of hydrogen-bond acceptors (Lipinski definition) is 3. The minimum Gasteiger partial charge on any atom is -0.481 e. The lowest BCUT2D eigenvalue weighted by atomic mass is 10.1. The molecule has 2 amide bonds. The van der Waals surface area contributed by atoms with Crippen LogP contribution in [-0.2, 0) is 22.6 Å². The van der Waals surface area contributed by atoms with Crippen molar-refractivity contribution in [1.29, 1.82) is 0 Å². The maximum Gasteiger partial charge on any atom is 0.307 e. The fourth-order valence-electron chi connectivity index (χ4n) is 3.43. The maximum atomic E-state index is 12.4. The lowest BCUT2D eigenvalue weighted by molar-refractivity contribution is -0.136. The summed E-state index contributed by atoms with van der Waals surface area (Å²) in [5, 5.41) is 14.6. The van der Waals surface area contributed by atoms with Crippen molar-refractivity contribution < 1.29 is 19.5 Å². The summed E-state index contributed by atoms with van der Waals surface area (Å²) in [5.74, 6) is -0.935. The van der Waals surface area contributed by atoms with Crippen LogP contribution < -0.4 is 10.6 Å². The van der Waals surface area contributed by atoms with Gasteiger partial charge in [0, 0.05) is 23.7 Å². The van der Waals surface area contributed by atoms with E-state index >= 15 is 0 Å². The van der Waals surface area contributed by atoms with Crippen LogP contribution in [0, 0.1) is 5.92 Å². The number of carbonyl (C=O) groups excluding carboxylic acids is 2. The third kappa shape index (κ3) is 5.42. The molecule has 0 spiro atoms. The highest BCUT2D eigenvalue weighted by Crippen LogP contribution is 2.24. The quantitative estimate of drug-likeness (QED) is 0.686. The van der Waals surface area contributed by atoms with E-state index in [0.717, 1.165) is 31.2 Å². The first-order valence-corrected chi connectivity index (χ1v) is 9.50. The Balaban J connectivity index is 1.54. The number of benzene rings is 2.